The molecular formula is C16H30N2O5. The van der Waals surface area contributed by atoms with Crippen LogP contribution in [-0.2, 0) is 14.3 Å². The minimum Gasteiger partial charge on any atom is -0.444 e. The number of hydrogen-bond acceptors (Lipinski definition) is 5. The monoisotopic (exact) mass is 330 g/mol. The Morgan fingerprint density at radius 2 is 1.39 bits per heavy atom. The fourth-order valence-corrected chi connectivity index (χ4v) is 1.64. The summed E-state index contributed by atoms with van der Waals surface area (Å²) in [5, 5.41) is 5.11. The van der Waals surface area contributed by atoms with Gasteiger partial charge < -0.3 is 20.1 Å². The Kier molecular flexibility index (Phi) is 8.06. The van der Waals surface area contributed by atoms with Crippen LogP contribution in [-0.4, -0.2) is 41.8 Å². The summed E-state index contributed by atoms with van der Waals surface area (Å²) in [6, 6.07) is -0.704. The van der Waals surface area contributed by atoms with Gasteiger partial charge in [0.1, 0.15) is 11.2 Å². The number of ether oxygens (including phenoxy) is 2. The third-order valence-corrected chi connectivity index (χ3v) is 2.53. The van der Waals surface area contributed by atoms with E-state index < -0.39 is 29.4 Å². The predicted octanol–water partition coefficient (Wildman–Crippen LogP) is 2.77. The van der Waals surface area contributed by atoms with Crippen molar-refractivity contribution in [2.24, 2.45) is 0 Å². The second-order valence-electron chi connectivity index (χ2n) is 7.24. The van der Waals surface area contributed by atoms with Gasteiger partial charge in [-0.05, 0) is 48.0 Å². The zero-order chi connectivity index (χ0) is 18.3. The molecule has 0 radical (unpaired) electrons. The Hall–Kier alpha value is -1.79. The fourth-order valence-electron chi connectivity index (χ4n) is 1.64. The molecule has 2 amide bonds. The Labute approximate surface area is 138 Å². The van der Waals surface area contributed by atoms with E-state index in [1.165, 1.54) is 0 Å². The largest absolute Gasteiger partial charge is 0.444 e. The number of ketones is 1. The number of rotatable bonds is 6. The van der Waals surface area contributed by atoms with E-state index in [0.29, 0.717) is 0 Å². The van der Waals surface area contributed by atoms with Gasteiger partial charge in [-0.15, -0.1) is 0 Å². The highest BCUT2D eigenvalue weighted by Gasteiger charge is 2.23. The SMILES string of the molecule is CCC(=O)[C@H](CCNC(=O)OC(C)(C)C)NC(=O)OC(C)(C)C. The number of amides is 2. The standard InChI is InChI=1S/C16H30N2O5/c1-8-12(19)11(18-14(21)23-16(5,6)7)9-10-17-13(20)22-15(2,3)4/h11H,8-10H2,1-7H3,(H,17,20)(H,18,21)/t11-/m0/s1. The second kappa shape index (κ2) is 8.74. The summed E-state index contributed by atoms with van der Waals surface area (Å²) >= 11 is 0. The van der Waals surface area contributed by atoms with Crippen LogP contribution in [0.15, 0.2) is 0 Å². The molecule has 0 heterocycles. The van der Waals surface area contributed by atoms with Crippen molar-refractivity contribution in [1.29, 1.82) is 0 Å². The maximum Gasteiger partial charge on any atom is 0.408 e. The normalized spacial score (nSPS) is 13.0. The molecule has 7 heteroatoms. The summed E-state index contributed by atoms with van der Waals surface area (Å²) in [4.78, 5) is 35.2. The quantitative estimate of drug-likeness (QED) is 0.781. The first-order chi connectivity index (χ1) is 10.3. The van der Waals surface area contributed by atoms with Gasteiger partial charge >= 0.3 is 12.2 Å². The Balaban J connectivity index is 4.45. The van der Waals surface area contributed by atoms with E-state index in [1.807, 2.05) is 0 Å². The highest BCUT2D eigenvalue weighted by atomic mass is 16.6. The van der Waals surface area contributed by atoms with Gasteiger partial charge in [0.15, 0.2) is 5.78 Å². The molecule has 0 aliphatic carbocycles. The molecule has 0 aliphatic rings. The van der Waals surface area contributed by atoms with Crippen molar-refractivity contribution >= 4 is 18.0 Å². The third-order valence-electron chi connectivity index (χ3n) is 2.53. The average molecular weight is 330 g/mol. The maximum atomic E-state index is 11.9. The van der Waals surface area contributed by atoms with Gasteiger partial charge in [-0.3, -0.25) is 4.79 Å². The summed E-state index contributed by atoms with van der Waals surface area (Å²) < 4.78 is 10.2. The maximum absolute atomic E-state index is 11.9. The Morgan fingerprint density at radius 1 is 0.913 bits per heavy atom. The lowest BCUT2D eigenvalue weighted by Gasteiger charge is -2.23. The van der Waals surface area contributed by atoms with Crippen LogP contribution in [0.2, 0.25) is 0 Å². The fraction of sp³-hybridized carbons (Fsp3) is 0.812. The summed E-state index contributed by atoms with van der Waals surface area (Å²) in [6.07, 6.45) is -0.656. The molecule has 0 fully saturated rings. The molecular weight excluding hydrogens is 300 g/mol. The van der Waals surface area contributed by atoms with Crippen molar-refractivity contribution in [2.45, 2.75) is 78.6 Å². The molecule has 1 atom stereocenters. The number of Topliss-reactive ketones (excluding diaryl/α,β-unsaturated/α-hetero) is 1. The smallest absolute Gasteiger partial charge is 0.408 e. The lowest BCUT2D eigenvalue weighted by atomic mass is 10.1. The first-order valence-electron chi connectivity index (χ1n) is 7.83. The molecule has 0 aliphatic heterocycles. The molecule has 0 aromatic rings. The van der Waals surface area contributed by atoms with Crippen molar-refractivity contribution in [3.63, 3.8) is 0 Å². The number of carbonyl (C=O) groups excluding carboxylic acids is 3. The zero-order valence-electron chi connectivity index (χ0n) is 15.2. The molecule has 0 aromatic carbocycles. The minimum absolute atomic E-state index is 0.123. The first kappa shape index (κ1) is 21.2. The van der Waals surface area contributed by atoms with Crippen LogP contribution in [0.1, 0.15) is 61.3 Å². The van der Waals surface area contributed by atoms with E-state index in [1.54, 1.807) is 48.5 Å². The van der Waals surface area contributed by atoms with Crippen LogP contribution >= 0.6 is 0 Å². The first-order valence-corrected chi connectivity index (χ1v) is 7.83. The van der Waals surface area contributed by atoms with E-state index in [4.69, 9.17) is 9.47 Å². The number of hydrogen-bond donors (Lipinski definition) is 2. The lowest BCUT2D eigenvalue weighted by molar-refractivity contribution is -0.121. The number of nitrogens with one attached hydrogen (secondary N) is 2. The summed E-state index contributed by atoms with van der Waals surface area (Å²) in [6.45, 7) is 12.4. The summed E-state index contributed by atoms with van der Waals surface area (Å²) in [5.74, 6) is -0.123. The van der Waals surface area contributed by atoms with Crippen LogP contribution in [0.3, 0.4) is 0 Å². The molecule has 0 bridgehead atoms. The molecule has 0 spiro atoms. The van der Waals surface area contributed by atoms with Crippen molar-refractivity contribution in [1.82, 2.24) is 10.6 Å². The van der Waals surface area contributed by atoms with Gasteiger partial charge in [0.05, 0.1) is 6.04 Å². The lowest BCUT2D eigenvalue weighted by Crippen LogP contribution is -2.45. The molecule has 134 valence electrons. The predicted molar refractivity (Wildman–Crippen MR) is 87.3 cm³/mol. The van der Waals surface area contributed by atoms with E-state index >= 15 is 0 Å². The molecule has 2 N–H and O–H groups in total. The van der Waals surface area contributed by atoms with Crippen molar-refractivity contribution in [3.05, 3.63) is 0 Å². The topological polar surface area (TPSA) is 93.7 Å². The van der Waals surface area contributed by atoms with Crippen molar-refractivity contribution in [3.8, 4) is 0 Å². The number of alkyl carbamates (subject to hydrolysis) is 2. The van der Waals surface area contributed by atoms with Gasteiger partial charge in [0, 0.05) is 13.0 Å². The van der Waals surface area contributed by atoms with Crippen LogP contribution in [0, 0.1) is 0 Å². The van der Waals surface area contributed by atoms with Crippen LogP contribution in [0.4, 0.5) is 9.59 Å². The molecule has 23 heavy (non-hydrogen) atoms. The van der Waals surface area contributed by atoms with E-state index in [0.717, 1.165) is 0 Å². The van der Waals surface area contributed by atoms with Gasteiger partial charge in [-0.2, -0.15) is 0 Å². The molecule has 0 rings (SSSR count). The molecule has 7 nitrogen and oxygen atoms in total. The number of carbonyl (C=O) groups is 3. The van der Waals surface area contributed by atoms with Crippen LogP contribution < -0.4 is 10.6 Å². The second-order valence-corrected chi connectivity index (χ2v) is 7.24. The Bertz CT molecular complexity index is 421. The van der Waals surface area contributed by atoms with Gasteiger partial charge in [-0.25, -0.2) is 9.59 Å². The van der Waals surface area contributed by atoms with E-state index in [2.05, 4.69) is 10.6 Å². The average Bonchev–Trinajstić information content (AvgIpc) is 2.32. The van der Waals surface area contributed by atoms with Crippen molar-refractivity contribution < 1.29 is 23.9 Å². The minimum atomic E-state index is -0.704. The van der Waals surface area contributed by atoms with E-state index in [9.17, 15) is 14.4 Å². The van der Waals surface area contributed by atoms with Gasteiger partial charge in [0.2, 0.25) is 0 Å². The molecule has 0 unspecified atom stereocenters. The van der Waals surface area contributed by atoms with Crippen LogP contribution in [0.25, 0.3) is 0 Å². The van der Waals surface area contributed by atoms with Crippen LogP contribution in [0.5, 0.6) is 0 Å². The highest BCUT2D eigenvalue weighted by Crippen LogP contribution is 2.08. The molecule has 0 saturated carbocycles. The zero-order valence-corrected chi connectivity index (χ0v) is 15.2. The van der Waals surface area contributed by atoms with Gasteiger partial charge in [0.25, 0.3) is 0 Å². The highest BCUT2D eigenvalue weighted by molar-refractivity contribution is 5.87. The summed E-state index contributed by atoms with van der Waals surface area (Å²) in [7, 11) is 0. The van der Waals surface area contributed by atoms with Crippen molar-refractivity contribution in [2.75, 3.05) is 6.54 Å². The van der Waals surface area contributed by atoms with E-state index in [-0.39, 0.29) is 25.2 Å². The third kappa shape index (κ3) is 11.4. The molecule has 0 aromatic heterocycles. The summed E-state index contributed by atoms with van der Waals surface area (Å²) in [5.41, 5.74) is -1.23. The Morgan fingerprint density at radius 3 is 1.83 bits per heavy atom. The van der Waals surface area contributed by atoms with Gasteiger partial charge in [-0.1, -0.05) is 6.92 Å². The molecule has 0 saturated heterocycles.